The van der Waals surface area contributed by atoms with E-state index in [1.54, 1.807) is 17.0 Å². The molecule has 7 nitrogen and oxygen atoms in total. The minimum atomic E-state index is -0.507. The Labute approximate surface area is 164 Å². The fraction of sp³-hybridized carbons (Fsp3) is 0.579. The number of halogens is 1. The minimum Gasteiger partial charge on any atom is -0.490 e. The van der Waals surface area contributed by atoms with E-state index in [2.05, 4.69) is 4.98 Å². The Morgan fingerprint density at radius 3 is 2.74 bits per heavy atom. The van der Waals surface area contributed by atoms with Crippen LogP contribution in [0.3, 0.4) is 0 Å². The summed E-state index contributed by atoms with van der Waals surface area (Å²) in [5, 5.41) is 0.550. The molecule has 2 aromatic rings. The first-order valence-electron chi connectivity index (χ1n) is 9.15. The second kappa shape index (κ2) is 7.46. The SMILES string of the molecule is CCOc1cc(Cl)cc2nc(N3CCN(C(=O)OC(C)(C)C)CC3C)oc12. The second-order valence-corrected chi connectivity index (χ2v) is 8.09. The molecule has 0 saturated carbocycles. The molecule has 148 valence electrons. The quantitative estimate of drug-likeness (QED) is 0.770. The highest BCUT2D eigenvalue weighted by atomic mass is 35.5. The number of carbonyl (C=O) groups is 1. The van der Waals surface area contributed by atoms with Crippen LogP contribution >= 0.6 is 11.6 Å². The topological polar surface area (TPSA) is 68.0 Å². The number of oxazole rings is 1. The largest absolute Gasteiger partial charge is 0.490 e. The number of benzene rings is 1. The maximum absolute atomic E-state index is 12.3. The highest BCUT2D eigenvalue weighted by Crippen LogP contribution is 2.34. The van der Waals surface area contributed by atoms with Gasteiger partial charge in [0.2, 0.25) is 0 Å². The van der Waals surface area contributed by atoms with Gasteiger partial charge in [-0.05, 0) is 40.7 Å². The van der Waals surface area contributed by atoms with E-state index in [0.717, 1.165) is 0 Å². The van der Waals surface area contributed by atoms with Gasteiger partial charge in [-0.3, -0.25) is 0 Å². The number of hydrogen-bond acceptors (Lipinski definition) is 6. The molecule has 0 bridgehead atoms. The molecule has 1 fully saturated rings. The van der Waals surface area contributed by atoms with Crippen LogP contribution in [0.15, 0.2) is 16.5 Å². The van der Waals surface area contributed by atoms with Gasteiger partial charge in [0.25, 0.3) is 6.01 Å². The number of hydrogen-bond donors (Lipinski definition) is 0. The number of nitrogens with zero attached hydrogens (tertiary/aromatic N) is 3. The van der Waals surface area contributed by atoms with Crippen molar-refractivity contribution in [2.45, 2.75) is 46.3 Å². The molecule has 1 unspecified atom stereocenters. The van der Waals surface area contributed by atoms with Gasteiger partial charge in [0.1, 0.15) is 11.1 Å². The standard InChI is InChI=1S/C19H26ClN3O4/c1-6-25-15-10-13(20)9-14-16(15)26-17(21-14)23-8-7-22(11-12(23)2)18(24)27-19(3,4)5/h9-10,12H,6-8,11H2,1-5H3. The molecule has 0 aliphatic carbocycles. The van der Waals surface area contributed by atoms with E-state index in [0.29, 0.717) is 54.1 Å². The summed E-state index contributed by atoms with van der Waals surface area (Å²) in [7, 11) is 0. The summed E-state index contributed by atoms with van der Waals surface area (Å²) in [6.45, 7) is 11.7. The Hall–Kier alpha value is -2.15. The Bertz CT molecular complexity index is 830. The molecule has 0 spiro atoms. The van der Waals surface area contributed by atoms with Crippen molar-refractivity contribution < 1.29 is 18.7 Å². The van der Waals surface area contributed by atoms with Crippen molar-refractivity contribution in [2.75, 3.05) is 31.1 Å². The van der Waals surface area contributed by atoms with Gasteiger partial charge in [-0.25, -0.2) is 4.79 Å². The smallest absolute Gasteiger partial charge is 0.410 e. The molecule has 3 rings (SSSR count). The summed E-state index contributed by atoms with van der Waals surface area (Å²) in [6, 6.07) is 4.02. The van der Waals surface area contributed by atoms with Crippen molar-refractivity contribution in [3.63, 3.8) is 0 Å². The van der Waals surface area contributed by atoms with Crippen LogP contribution in [0.2, 0.25) is 5.02 Å². The van der Waals surface area contributed by atoms with Gasteiger partial charge in [-0.15, -0.1) is 0 Å². The zero-order chi connectivity index (χ0) is 19.8. The maximum atomic E-state index is 12.3. The number of fused-ring (bicyclic) bond motifs is 1. The number of ether oxygens (including phenoxy) is 2. The third-order valence-corrected chi connectivity index (χ3v) is 4.45. The first-order chi connectivity index (χ1) is 12.7. The van der Waals surface area contributed by atoms with Crippen molar-refractivity contribution in [2.24, 2.45) is 0 Å². The average molecular weight is 396 g/mol. The lowest BCUT2D eigenvalue weighted by molar-refractivity contribution is 0.0216. The van der Waals surface area contributed by atoms with Crippen molar-refractivity contribution in [1.82, 2.24) is 9.88 Å². The fourth-order valence-electron chi connectivity index (χ4n) is 3.08. The Kier molecular flexibility index (Phi) is 5.42. The molecule has 1 atom stereocenters. The molecule has 1 aliphatic heterocycles. The molecular weight excluding hydrogens is 370 g/mol. The van der Waals surface area contributed by atoms with E-state index < -0.39 is 5.60 Å². The molecule has 2 heterocycles. The van der Waals surface area contributed by atoms with Gasteiger partial charge in [-0.1, -0.05) is 11.6 Å². The van der Waals surface area contributed by atoms with Gasteiger partial charge in [0.15, 0.2) is 11.3 Å². The van der Waals surface area contributed by atoms with Crippen LogP contribution in [0.1, 0.15) is 34.6 Å². The van der Waals surface area contributed by atoms with Crippen LogP contribution in [0.4, 0.5) is 10.8 Å². The molecule has 8 heteroatoms. The molecular formula is C19H26ClN3O4. The van der Waals surface area contributed by atoms with Crippen molar-refractivity contribution in [3.8, 4) is 5.75 Å². The van der Waals surface area contributed by atoms with E-state index in [4.69, 9.17) is 25.5 Å². The maximum Gasteiger partial charge on any atom is 0.410 e. The number of rotatable bonds is 3. The predicted octanol–water partition coefficient (Wildman–Crippen LogP) is 4.33. The molecule has 0 radical (unpaired) electrons. The fourth-order valence-corrected chi connectivity index (χ4v) is 3.28. The Morgan fingerprint density at radius 2 is 2.11 bits per heavy atom. The summed E-state index contributed by atoms with van der Waals surface area (Å²) in [6.07, 6.45) is -0.294. The molecule has 0 N–H and O–H groups in total. The van der Waals surface area contributed by atoms with E-state index >= 15 is 0 Å². The number of anilines is 1. The highest BCUT2D eigenvalue weighted by molar-refractivity contribution is 6.31. The molecule has 1 saturated heterocycles. The van der Waals surface area contributed by atoms with E-state index in [1.807, 2.05) is 39.5 Å². The van der Waals surface area contributed by atoms with Crippen molar-refractivity contribution in [3.05, 3.63) is 17.2 Å². The normalized spacial score (nSPS) is 18.1. The van der Waals surface area contributed by atoms with E-state index in [-0.39, 0.29) is 12.1 Å². The zero-order valence-electron chi connectivity index (χ0n) is 16.4. The summed E-state index contributed by atoms with van der Waals surface area (Å²) >= 11 is 6.16. The lowest BCUT2D eigenvalue weighted by Gasteiger charge is -2.39. The third kappa shape index (κ3) is 4.40. The Balaban J connectivity index is 1.78. The summed E-state index contributed by atoms with van der Waals surface area (Å²) in [5.74, 6) is 0.582. The van der Waals surface area contributed by atoms with E-state index in [9.17, 15) is 4.79 Å². The van der Waals surface area contributed by atoms with Crippen LogP contribution in [0, 0.1) is 0 Å². The van der Waals surface area contributed by atoms with Crippen LogP contribution < -0.4 is 9.64 Å². The minimum absolute atomic E-state index is 0.0327. The number of amides is 1. The average Bonchev–Trinajstić information content (AvgIpc) is 2.97. The summed E-state index contributed by atoms with van der Waals surface area (Å²) < 4.78 is 17.1. The zero-order valence-corrected chi connectivity index (χ0v) is 17.2. The lowest BCUT2D eigenvalue weighted by Crippen LogP contribution is -2.54. The van der Waals surface area contributed by atoms with Gasteiger partial charge < -0.3 is 23.7 Å². The van der Waals surface area contributed by atoms with Gasteiger partial charge >= 0.3 is 6.09 Å². The van der Waals surface area contributed by atoms with Crippen LogP contribution in [-0.2, 0) is 4.74 Å². The number of piperazine rings is 1. The summed E-state index contributed by atoms with van der Waals surface area (Å²) in [5.41, 5.74) is 0.730. The monoisotopic (exact) mass is 395 g/mol. The van der Waals surface area contributed by atoms with Crippen molar-refractivity contribution in [1.29, 1.82) is 0 Å². The predicted molar refractivity (Wildman–Crippen MR) is 105 cm³/mol. The molecule has 27 heavy (non-hydrogen) atoms. The molecule has 1 amide bonds. The summed E-state index contributed by atoms with van der Waals surface area (Å²) in [4.78, 5) is 20.7. The lowest BCUT2D eigenvalue weighted by atomic mass is 10.2. The van der Waals surface area contributed by atoms with Gasteiger partial charge in [0, 0.05) is 36.8 Å². The van der Waals surface area contributed by atoms with Crippen LogP contribution in [0.25, 0.3) is 11.1 Å². The molecule has 1 aromatic heterocycles. The van der Waals surface area contributed by atoms with Crippen LogP contribution in [0.5, 0.6) is 5.75 Å². The number of carbonyl (C=O) groups excluding carboxylic acids is 1. The molecule has 1 aliphatic rings. The first-order valence-corrected chi connectivity index (χ1v) is 9.53. The molecule has 1 aromatic carbocycles. The van der Waals surface area contributed by atoms with Crippen molar-refractivity contribution >= 4 is 34.8 Å². The Morgan fingerprint density at radius 1 is 1.37 bits per heavy atom. The number of aromatic nitrogens is 1. The second-order valence-electron chi connectivity index (χ2n) is 7.65. The van der Waals surface area contributed by atoms with Crippen LogP contribution in [-0.4, -0.2) is 53.9 Å². The van der Waals surface area contributed by atoms with Gasteiger partial charge in [0.05, 0.1) is 6.61 Å². The highest BCUT2D eigenvalue weighted by Gasteiger charge is 2.32. The van der Waals surface area contributed by atoms with E-state index in [1.165, 1.54) is 0 Å². The first kappa shape index (κ1) is 19.6. The van der Waals surface area contributed by atoms with Gasteiger partial charge in [-0.2, -0.15) is 4.98 Å². The third-order valence-electron chi connectivity index (χ3n) is 4.23.